The molecule has 0 amide bonds. The smallest absolute Gasteiger partial charge is 0.0269 e. The summed E-state index contributed by atoms with van der Waals surface area (Å²) >= 11 is 0. The molecule has 0 spiro atoms. The highest BCUT2D eigenvalue weighted by molar-refractivity contribution is 5.40. The van der Waals surface area contributed by atoms with Crippen molar-refractivity contribution < 1.29 is 0 Å². The SMILES string of the molecule is C=C[C@@H](c1ccccc1)c1ccccc1C. The van der Waals surface area contributed by atoms with E-state index in [1.54, 1.807) is 0 Å². The van der Waals surface area contributed by atoms with Crippen LogP contribution in [-0.4, -0.2) is 0 Å². The van der Waals surface area contributed by atoms with E-state index in [1.165, 1.54) is 16.7 Å². The van der Waals surface area contributed by atoms with Gasteiger partial charge in [0.05, 0.1) is 0 Å². The Balaban J connectivity index is 2.45. The van der Waals surface area contributed by atoms with Crippen LogP contribution >= 0.6 is 0 Å². The molecule has 0 radical (unpaired) electrons. The molecule has 0 heterocycles. The van der Waals surface area contributed by atoms with Crippen LogP contribution in [0.5, 0.6) is 0 Å². The zero-order valence-electron chi connectivity index (χ0n) is 9.56. The van der Waals surface area contributed by atoms with Gasteiger partial charge in [0.2, 0.25) is 0 Å². The van der Waals surface area contributed by atoms with Crippen LogP contribution in [0.3, 0.4) is 0 Å². The maximum atomic E-state index is 3.95. The van der Waals surface area contributed by atoms with Crippen molar-refractivity contribution in [2.24, 2.45) is 0 Å². The lowest BCUT2D eigenvalue weighted by Gasteiger charge is -2.15. The molecule has 2 aromatic rings. The lowest BCUT2D eigenvalue weighted by Crippen LogP contribution is -1.99. The predicted molar refractivity (Wildman–Crippen MR) is 69.7 cm³/mol. The average molecular weight is 208 g/mol. The van der Waals surface area contributed by atoms with Gasteiger partial charge >= 0.3 is 0 Å². The van der Waals surface area contributed by atoms with Gasteiger partial charge in [-0.25, -0.2) is 0 Å². The Labute approximate surface area is 97.3 Å². The predicted octanol–water partition coefficient (Wildman–Crippen LogP) is 4.31. The first-order chi connectivity index (χ1) is 7.83. The van der Waals surface area contributed by atoms with Crippen molar-refractivity contribution in [3.8, 4) is 0 Å². The molecule has 1 atom stereocenters. The van der Waals surface area contributed by atoms with Crippen LogP contribution in [0.2, 0.25) is 0 Å². The summed E-state index contributed by atoms with van der Waals surface area (Å²) in [5.74, 6) is 0.294. The minimum absolute atomic E-state index is 0.294. The molecule has 80 valence electrons. The van der Waals surface area contributed by atoms with Crippen molar-refractivity contribution in [2.75, 3.05) is 0 Å². The molecule has 0 heteroatoms. The number of benzene rings is 2. The highest BCUT2D eigenvalue weighted by Gasteiger charge is 2.11. The van der Waals surface area contributed by atoms with Gasteiger partial charge < -0.3 is 0 Å². The lowest BCUT2D eigenvalue weighted by atomic mass is 9.89. The van der Waals surface area contributed by atoms with E-state index in [1.807, 2.05) is 12.1 Å². The zero-order valence-corrected chi connectivity index (χ0v) is 9.56. The van der Waals surface area contributed by atoms with Gasteiger partial charge in [0, 0.05) is 5.92 Å². The third kappa shape index (κ3) is 2.06. The zero-order chi connectivity index (χ0) is 11.4. The Hall–Kier alpha value is -1.82. The normalized spacial score (nSPS) is 12.1. The van der Waals surface area contributed by atoms with E-state index in [0.717, 1.165) is 0 Å². The van der Waals surface area contributed by atoms with Crippen molar-refractivity contribution in [3.05, 3.63) is 83.9 Å². The Kier molecular flexibility index (Phi) is 3.21. The van der Waals surface area contributed by atoms with Gasteiger partial charge in [0.1, 0.15) is 0 Å². The summed E-state index contributed by atoms with van der Waals surface area (Å²) in [4.78, 5) is 0. The summed E-state index contributed by atoms with van der Waals surface area (Å²) < 4.78 is 0. The van der Waals surface area contributed by atoms with Crippen molar-refractivity contribution >= 4 is 0 Å². The van der Waals surface area contributed by atoms with Crippen LogP contribution in [0.25, 0.3) is 0 Å². The topological polar surface area (TPSA) is 0 Å². The molecule has 0 aliphatic heterocycles. The molecule has 0 aliphatic carbocycles. The van der Waals surface area contributed by atoms with Gasteiger partial charge in [-0.1, -0.05) is 60.7 Å². The molecule has 0 bridgehead atoms. The molecule has 0 saturated heterocycles. The van der Waals surface area contributed by atoms with Crippen LogP contribution in [0.15, 0.2) is 67.3 Å². The maximum absolute atomic E-state index is 3.95. The Morgan fingerprint density at radius 3 is 2.19 bits per heavy atom. The summed E-state index contributed by atoms with van der Waals surface area (Å²) in [6.45, 7) is 6.10. The molecule has 2 rings (SSSR count). The average Bonchev–Trinajstić information content (AvgIpc) is 2.34. The highest BCUT2D eigenvalue weighted by Crippen LogP contribution is 2.27. The number of aryl methyl sites for hydroxylation is 1. The Bertz CT molecular complexity index is 468. The van der Waals surface area contributed by atoms with Gasteiger partial charge in [0.25, 0.3) is 0 Å². The molecular weight excluding hydrogens is 192 g/mol. The Morgan fingerprint density at radius 2 is 1.56 bits per heavy atom. The van der Waals surface area contributed by atoms with Gasteiger partial charge in [-0.2, -0.15) is 0 Å². The summed E-state index contributed by atoms with van der Waals surface area (Å²) in [7, 11) is 0. The van der Waals surface area contributed by atoms with E-state index in [-0.39, 0.29) is 0 Å². The molecule has 0 N–H and O–H groups in total. The monoisotopic (exact) mass is 208 g/mol. The van der Waals surface area contributed by atoms with Crippen LogP contribution < -0.4 is 0 Å². The fourth-order valence-corrected chi connectivity index (χ4v) is 2.04. The molecular formula is C16H16. The fourth-order valence-electron chi connectivity index (χ4n) is 2.04. The molecule has 0 nitrogen and oxygen atoms in total. The summed E-state index contributed by atoms with van der Waals surface area (Å²) in [5.41, 5.74) is 3.95. The number of allylic oxidation sites excluding steroid dienone is 1. The van der Waals surface area contributed by atoms with Crippen LogP contribution in [0.4, 0.5) is 0 Å². The Morgan fingerprint density at radius 1 is 0.938 bits per heavy atom. The standard InChI is InChI=1S/C16H16/c1-3-15(14-10-5-4-6-11-14)16-12-8-7-9-13(16)2/h3-12,15H,1H2,2H3/t15-/m0/s1. The summed E-state index contributed by atoms with van der Waals surface area (Å²) in [6, 6.07) is 19.0. The van der Waals surface area contributed by atoms with Crippen molar-refractivity contribution in [1.82, 2.24) is 0 Å². The molecule has 0 saturated carbocycles. The second-order valence-electron chi connectivity index (χ2n) is 3.98. The second kappa shape index (κ2) is 4.80. The quantitative estimate of drug-likeness (QED) is 0.659. The van der Waals surface area contributed by atoms with Gasteiger partial charge in [-0.05, 0) is 23.6 Å². The van der Waals surface area contributed by atoms with E-state index in [4.69, 9.17) is 0 Å². The van der Waals surface area contributed by atoms with E-state index >= 15 is 0 Å². The first-order valence-electron chi connectivity index (χ1n) is 5.56. The fraction of sp³-hybridized carbons (Fsp3) is 0.125. The second-order valence-corrected chi connectivity index (χ2v) is 3.98. The van der Waals surface area contributed by atoms with Gasteiger partial charge in [-0.3, -0.25) is 0 Å². The molecule has 0 aliphatic rings. The molecule has 0 aromatic heterocycles. The van der Waals surface area contributed by atoms with Crippen molar-refractivity contribution in [2.45, 2.75) is 12.8 Å². The summed E-state index contributed by atoms with van der Waals surface area (Å²) in [6.07, 6.45) is 2.01. The minimum Gasteiger partial charge on any atom is -0.102 e. The lowest BCUT2D eigenvalue weighted by molar-refractivity contribution is 1.01. The highest BCUT2D eigenvalue weighted by atomic mass is 14.1. The minimum atomic E-state index is 0.294. The number of hydrogen-bond donors (Lipinski definition) is 0. The van der Waals surface area contributed by atoms with Crippen LogP contribution in [0.1, 0.15) is 22.6 Å². The van der Waals surface area contributed by atoms with Crippen LogP contribution in [-0.2, 0) is 0 Å². The van der Waals surface area contributed by atoms with E-state index in [2.05, 4.69) is 62.0 Å². The van der Waals surface area contributed by atoms with Crippen molar-refractivity contribution in [1.29, 1.82) is 0 Å². The van der Waals surface area contributed by atoms with Gasteiger partial charge in [-0.15, -0.1) is 6.58 Å². The largest absolute Gasteiger partial charge is 0.102 e. The van der Waals surface area contributed by atoms with Crippen molar-refractivity contribution in [3.63, 3.8) is 0 Å². The molecule has 0 fully saturated rings. The summed E-state index contributed by atoms with van der Waals surface area (Å²) in [5, 5.41) is 0. The number of hydrogen-bond acceptors (Lipinski definition) is 0. The van der Waals surface area contributed by atoms with Gasteiger partial charge in [0.15, 0.2) is 0 Å². The van der Waals surface area contributed by atoms with E-state index < -0.39 is 0 Å². The number of rotatable bonds is 3. The first-order valence-corrected chi connectivity index (χ1v) is 5.56. The first kappa shape index (κ1) is 10.7. The molecule has 0 unspecified atom stereocenters. The third-order valence-electron chi connectivity index (χ3n) is 2.92. The van der Waals surface area contributed by atoms with E-state index in [0.29, 0.717) is 5.92 Å². The third-order valence-corrected chi connectivity index (χ3v) is 2.92. The van der Waals surface area contributed by atoms with Crippen LogP contribution in [0, 0.1) is 6.92 Å². The molecule has 16 heavy (non-hydrogen) atoms. The maximum Gasteiger partial charge on any atom is 0.0269 e. The van der Waals surface area contributed by atoms with E-state index in [9.17, 15) is 0 Å². The molecule has 2 aromatic carbocycles.